The van der Waals surface area contributed by atoms with Crippen LogP contribution >= 0.6 is 15.9 Å². The average Bonchev–Trinajstić information content (AvgIpc) is 3.11. The van der Waals surface area contributed by atoms with Crippen molar-refractivity contribution >= 4 is 33.8 Å². The second kappa shape index (κ2) is 8.01. The summed E-state index contributed by atoms with van der Waals surface area (Å²) in [5, 5.41) is 19.7. The highest BCUT2D eigenvalue weighted by Crippen LogP contribution is 2.33. The summed E-state index contributed by atoms with van der Waals surface area (Å²) in [6.45, 7) is 4.66. The third-order valence-electron chi connectivity index (χ3n) is 4.64. The highest BCUT2D eigenvalue weighted by molar-refractivity contribution is 9.10. The number of carboxylic acid groups (broad SMARTS) is 1. The molecule has 0 unspecified atom stereocenters. The monoisotopic (exact) mass is 416 g/mol. The van der Waals surface area contributed by atoms with Crippen molar-refractivity contribution in [3.8, 4) is 5.75 Å². The van der Waals surface area contributed by atoms with Gasteiger partial charge in [-0.05, 0) is 67.7 Å². The Balaban J connectivity index is 1.96. The first-order valence-corrected chi connectivity index (χ1v) is 9.35. The molecular weight excluding hydrogens is 396 g/mol. The molecule has 0 spiro atoms. The first-order valence-electron chi connectivity index (χ1n) is 8.56. The minimum Gasteiger partial charge on any atom is -0.505 e. The van der Waals surface area contributed by atoms with Gasteiger partial charge in [0.15, 0.2) is 5.75 Å². The van der Waals surface area contributed by atoms with Gasteiger partial charge < -0.3 is 10.2 Å². The summed E-state index contributed by atoms with van der Waals surface area (Å²) in [7, 11) is 0. The topological polar surface area (TPSA) is 73.1 Å². The number of aliphatic imine (C=N–C) groups is 1. The van der Waals surface area contributed by atoms with Crippen molar-refractivity contribution in [3.63, 3.8) is 0 Å². The molecule has 1 aliphatic rings. The number of nitrogens with zero attached hydrogens (tertiary/aromatic N) is 2. The van der Waals surface area contributed by atoms with Crippen molar-refractivity contribution < 1.29 is 15.0 Å². The predicted molar refractivity (Wildman–Crippen MR) is 106 cm³/mol. The number of benzene rings is 2. The van der Waals surface area contributed by atoms with Crippen molar-refractivity contribution in [1.82, 2.24) is 4.90 Å². The number of halogens is 1. The molecule has 6 heteroatoms. The van der Waals surface area contributed by atoms with Gasteiger partial charge in [0.25, 0.3) is 0 Å². The summed E-state index contributed by atoms with van der Waals surface area (Å²) in [6.07, 6.45) is 3.98. The molecule has 0 atom stereocenters. The maximum absolute atomic E-state index is 11.5. The normalized spacial score (nSPS) is 15.0. The van der Waals surface area contributed by atoms with Gasteiger partial charge >= 0.3 is 5.97 Å². The van der Waals surface area contributed by atoms with Crippen molar-refractivity contribution in [1.29, 1.82) is 0 Å². The highest BCUT2D eigenvalue weighted by atomic mass is 79.9. The van der Waals surface area contributed by atoms with Crippen LogP contribution in [0.4, 0.5) is 5.69 Å². The second-order valence-electron chi connectivity index (χ2n) is 6.51. The highest BCUT2D eigenvalue weighted by Gasteiger charge is 2.18. The Morgan fingerprint density at radius 3 is 2.73 bits per heavy atom. The van der Waals surface area contributed by atoms with Gasteiger partial charge in [0, 0.05) is 17.2 Å². The third-order valence-corrected chi connectivity index (χ3v) is 5.50. The molecule has 0 amide bonds. The van der Waals surface area contributed by atoms with Crippen LogP contribution in [0.15, 0.2) is 39.8 Å². The first kappa shape index (κ1) is 18.6. The van der Waals surface area contributed by atoms with E-state index in [1.54, 1.807) is 18.3 Å². The summed E-state index contributed by atoms with van der Waals surface area (Å²) in [4.78, 5) is 18.2. The zero-order chi connectivity index (χ0) is 18.7. The van der Waals surface area contributed by atoms with Crippen LogP contribution in [0, 0.1) is 6.92 Å². The maximum atomic E-state index is 11.5. The van der Waals surface area contributed by atoms with Crippen LogP contribution in [-0.4, -0.2) is 40.4 Å². The average molecular weight is 417 g/mol. The minimum atomic E-state index is -1.15. The van der Waals surface area contributed by atoms with Crippen LogP contribution in [0.25, 0.3) is 0 Å². The largest absolute Gasteiger partial charge is 0.505 e. The van der Waals surface area contributed by atoms with E-state index in [-0.39, 0.29) is 17.0 Å². The molecule has 2 N–H and O–H groups in total. The van der Waals surface area contributed by atoms with Crippen molar-refractivity contribution in [3.05, 3.63) is 57.1 Å². The van der Waals surface area contributed by atoms with E-state index >= 15 is 0 Å². The number of carboxylic acids is 1. The predicted octanol–water partition coefficient (Wildman–Crippen LogP) is 4.51. The molecule has 0 radical (unpaired) electrons. The Labute approximate surface area is 161 Å². The molecule has 0 saturated carbocycles. The zero-order valence-electron chi connectivity index (χ0n) is 14.6. The molecule has 5 nitrogen and oxygen atoms in total. The van der Waals surface area contributed by atoms with Crippen LogP contribution in [0.3, 0.4) is 0 Å². The van der Waals surface area contributed by atoms with Crippen molar-refractivity contribution in [2.45, 2.75) is 26.3 Å². The Bertz CT molecular complexity index is 858. The molecule has 26 heavy (non-hydrogen) atoms. The second-order valence-corrected chi connectivity index (χ2v) is 7.37. The number of aromatic hydroxyl groups is 1. The van der Waals surface area contributed by atoms with Crippen LogP contribution < -0.4 is 0 Å². The van der Waals surface area contributed by atoms with Gasteiger partial charge in [-0.1, -0.05) is 28.1 Å². The fourth-order valence-electron chi connectivity index (χ4n) is 3.13. The van der Waals surface area contributed by atoms with E-state index in [2.05, 4.69) is 25.8 Å². The smallest absolute Gasteiger partial charge is 0.339 e. The molecule has 0 aliphatic carbocycles. The summed E-state index contributed by atoms with van der Waals surface area (Å²) < 4.78 is 0.972. The Kier molecular flexibility index (Phi) is 5.74. The third kappa shape index (κ3) is 4.14. The molecular formula is C20H21BrN2O3. The van der Waals surface area contributed by atoms with Gasteiger partial charge in [0.05, 0.1) is 0 Å². The lowest BCUT2D eigenvalue weighted by Crippen LogP contribution is -2.18. The summed E-state index contributed by atoms with van der Waals surface area (Å²) >= 11 is 3.48. The van der Waals surface area contributed by atoms with Crippen LogP contribution in [-0.2, 0) is 6.54 Å². The number of phenols is 1. The molecule has 1 heterocycles. The van der Waals surface area contributed by atoms with Crippen LogP contribution in [0.1, 0.15) is 39.9 Å². The number of rotatable bonds is 5. The number of hydrogen-bond acceptors (Lipinski definition) is 4. The van der Waals surface area contributed by atoms with E-state index in [0.717, 1.165) is 47.1 Å². The molecule has 2 aromatic rings. The van der Waals surface area contributed by atoms with E-state index in [4.69, 9.17) is 0 Å². The summed E-state index contributed by atoms with van der Waals surface area (Å²) in [5.41, 5.74) is 2.95. The quantitative estimate of drug-likeness (QED) is 0.703. The molecule has 3 rings (SSSR count). The van der Waals surface area contributed by atoms with E-state index in [0.29, 0.717) is 6.54 Å². The lowest BCUT2D eigenvalue weighted by molar-refractivity contribution is 0.0693. The maximum Gasteiger partial charge on any atom is 0.339 e. The van der Waals surface area contributed by atoms with E-state index < -0.39 is 5.97 Å². The fraction of sp³-hybridized carbons (Fsp3) is 0.300. The summed E-state index contributed by atoms with van der Waals surface area (Å²) in [5.74, 6) is -1.45. The Morgan fingerprint density at radius 1 is 1.31 bits per heavy atom. The molecule has 1 saturated heterocycles. The van der Waals surface area contributed by atoms with Crippen molar-refractivity contribution in [2.24, 2.45) is 4.99 Å². The van der Waals surface area contributed by atoms with Gasteiger partial charge in [-0.2, -0.15) is 0 Å². The summed E-state index contributed by atoms with van der Waals surface area (Å²) in [6, 6.07) is 9.09. The lowest BCUT2D eigenvalue weighted by atomic mass is 10.1. The SMILES string of the molecule is Cc1c(Br)cccc1C=Nc1cc(CN2CCCC2)cc(C(=O)O)c1O. The van der Waals surface area contributed by atoms with Gasteiger partial charge in [-0.15, -0.1) is 0 Å². The number of likely N-dealkylation sites (tertiary alicyclic amines) is 1. The number of carbonyl (C=O) groups is 1. The van der Waals surface area contributed by atoms with Crippen LogP contribution in [0.2, 0.25) is 0 Å². The number of hydrogen-bond donors (Lipinski definition) is 2. The Hall–Kier alpha value is -2.18. The van der Waals surface area contributed by atoms with Gasteiger partial charge in [-0.25, -0.2) is 4.79 Å². The molecule has 136 valence electrons. The molecule has 1 fully saturated rings. The standard InChI is InChI=1S/C20H21BrN2O3/c1-13-15(5-4-6-17(13)21)11-22-18-10-14(12-23-7-2-3-8-23)9-16(19(18)24)20(25)26/h4-6,9-11,24H,2-3,7-8,12H2,1H3,(H,25,26). The van der Waals surface area contributed by atoms with Gasteiger partial charge in [-0.3, -0.25) is 9.89 Å². The molecule has 0 bridgehead atoms. The fourth-order valence-corrected chi connectivity index (χ4v) is 3.51. The molecule has 1 aliphatic heterocycles. The first-order chi connectivity index (χ1) is 12.5. The minimum absolute atomic E-state index is 0.111. The van der Waals surface area contributed by atoms with Crippen LogP contribution in [0.5, 0.6) is 5.75 Å². The van der Waals surface area contributed by atoms with E-state index in [1.165, 1.54) is 0 Å². The number of aromatic carboxylic acids is 1. The van der Waals surface area contributed by atoms with E-state index in [1.807, 2.05) is 25.1 Å². The van der Waals surface area contributed by atoms with Crippen molar-refractivity contribution in [2.75, 3.05) is 13.1 Å². The lowest BCUT2D eigenvalue weighted by Gasteiger charge is -2.16. The zero-order valence-corrected chi connectivity index (χ0v) is 16.2. The van der Waals surface area contributed by atoms with E-state index in [9.17, 15) is 15.0 Å². The molecule has 2 aromatic carbocycles. The Morgan fingerprint density at radius 2 is 2.04 bits per heavy atom. The molecule has 0 aromatic heterocycles. The van der Waals surface area contributed by atoms with Gasteiger partial charge in [0.1, 0.15) is 11.3 Å². The van der Waals surface area contributed by atoms with Gasteiger partial charge in [0.2, 0.25) is 0 Å².